The molecule has 1 aliphatic heterocycles. The van der Waals surface area contributed by atoms with Gasteiger partial charge in [0.2, 0.25) is 0 Å². The molecular formula is C20H30N2O3. The zero-order valence-electron chi connectivity index (χ0n) is 15.1. The number of ether oxygens (including phenoxy) is 1. The van der Waals surface area contributed by atoms with Gasteiger partial charge in [-0.25, -0.2) is 4.79 Å². The average molecular weight is 346 g/mol. The summed E-state index contributed by atoms with van der Waals surface area (Å²) in [6.07, 6.45) is 6.44. The maximum Gasteiger partial charge on any atom is 0.321 e. The van der Waals surface area contributed by atoms with Gasteiger partial charge in [-0.3, -0.25) is 0 Å². The zero-order valence-corrected chi connectivity index (χ0v) is 15.1. The number of β-amino-alcohol motifs (C(OH)–C–C–N with tert-alkyl or cyclic N) is 1. The first-order chi connectivity index (χ1) is 12.1. The first kappa shape index (κ1) is 18.2. The van der Waals surface area contributed by atoms with E-state index in [1.807, 2.05) is 24.3 Å². The van der Waals surface area contributed by atoms with Crippen molar-refractivity contribution in [3.8, 4) is 0 Å². The van der Waals surface area contributed by atoms with Crippen LogP contribution in [-0.2, 0) is 11.3 Å². The van der Waals surface area contributed by atoms with Crippen molar-refractivity contribution in [2.24, 2.45) is 5.92 Å². The van der Waals surface area contributed by atoms with Crippen LogP contribution in [0.2, 0.25) is 0 Å². The summed E-state index contributed by atoms with van der Waals surface area (Å²) in [6.45, 7) is 3.99. The van der Waals surface area contributed by atoms with Crippen molar-refractivity contribution in [2.75, 3.05) is 18.4 Å². The Morgan fingerprint density at radius 2 is 2.20 bits per heavy atom. The summed E-state index contributed by atoms with van der Waals surface area (Å²) in [7, 11) is 0. The quantitative estimate of drug-likeness (QED) is 0.872. The van der Waals surface area contributed by atoms with Gasteiger partial charge in [-0.15, -0.1) is 0 Å². The summed E-state index contributed by atoms with van der Waals surface area (Å²) >= 11 is 0. The van der Waals surface area contributed by atoms with E-state index in [0.29, 0.717) is 25.8 Å². The van der Waals surface area contributed by atoms with E-state index in [1.165, 1.54) is 12.8 Å². The van der Waals surface area contributed by atoms with Crippen molar-refractivity contribution in [1.82, 2.24) is 4.90 Å². The Labute approximate surface area is 150 Å². The van der Waals surface area contributed by atoms with Crippen molar-refractivity contribution in [3.63, 3.8) is 0 Å². The van der Waals surface area contributed by atoms with Crippen LogP contribution in [0.5, 0.6) is 0 Å². The number of aliphatic hydroxyl groups excluding tert-OH is 1. The van der Waals surface area contributed by atoms with E-state index < -0.39 is 6.10 Å². The second kappa shape index (κ2) is 8.68. The van der Waals surface area contributed by atoms with Crippen LogP contribution in [0.1, 0.15) is 51.0 Å². The van der Waals surface area contributed by atoms with E-state index >= 15 is 0 Å². The lowest BCUT2D eigenvalue weighted by molar-refractivity contribution is 0.00468. The van der Waals surface area contributed by atoms with Gasteiger partial charge < -0.3 is 20.1 Å². The van der Waals surface area contributed by atoms with Crippen LogP contribution in [0.4, 0.5) is 10.5 Å². The molecular weight excluding hydrogens is 316 g/mol. The first-order valence-electron chi connectivity index (χ1n) is 9.54. The molecule has 0 aromatic heterocycles. The molecule has 2 aliphatic rings. The third-order valence-corrected chi connectivity index (χ3v) is 5.24. The molecule has 2 N–H and O–H groups in total. The molecule has 3 atom stereocenters. The van der Waals surface area contributed by atoms with Crippen molar-refractivity contribution in [1.29, 1.82) is 0 Å². The van der Waals surface area contributed by atoms with Gasteiger partial charge in [-0.2, -0.15) is 0 Å². The molecule has 0 spiro atoms. The van der Waals surface area contributed by atoms with E-state index in [1.54, 1.807) is 4.90 Å². The van der Waals surface area contributed by atoms with Crippen LogP contribution < -0.4 is 5.32 Å². The van der Waals surface area contributed by atoms with E-state index in [9.17, 15) is 9.90 Å². The number of carbonyl (C=O) groups excluding carboxylic acids is 1. The number of amides is 2. The number of rotatable bonds is 4. The Morgan fingerprint density at radius 1 is 1.32 bits per heavy atom. The molecule has 3 rings (SSSR count). The molecule has 5 nitrogen and oxygen atoms in total. The number of hydrogen-bond donors (Lipinski definition) is 2. The topological polar surface area (TPSA) is 61.8 Å². The second-order valence-electron chi connectivity index (χ2n) is 7.58. The van der Waals surface area contributed by atoms with Crippen LogP contribution in [-0.4, -0.2) is 41.3 Å². The molecule has 1 heterocycles. The van der Waals surface area contributed by atoms with Crippen molar-refractivity contribution >= 4 is 11.7 Å². The maximum atomic E-state index is 12.3. The Bertz CT molecular complexity index is 578. The lowest BCUT2D eigenvalue weighted by Gasteiger charge is -2.30. The maximum absolute atomic E-state index is 12.3. The van der Waals surface area contributed by atoms with Crippen LogP contribution in [0.15, 0.2) is 24.3 Å². The fraction of sp³-hybridized carbons (Fsp3) is 0.650. The monoisotopic (exact) mass is 346 g/mol. The molecule has 1 saturated heterocycles. The number of aliphatic hydroxyl groups is 1. The van der Waals surface area contributed by atoms with Crippen molar-refractivity contribution < 1.29 is 14.6 Å². The summed E-state index contributed by atoms with van der Waals surface area (Å²) in [5.41, 5.74) is 1.86. The standard InChI is InChI=1S/C20H30N2O3/c1-15-5-2-9-19(11-15)25-14-16-6-3-7-17(12-16)21-20(24)22-10-4-8-18(23)13-22/h3,6-7,12,15,18-19,23H,2,4-5,8-11,13-14H2,1H3,(H,21,24). The van der Waals surface area contributed by atoms with Gasteiger partial charge in [0.25, 0.3) is 0 Å². The number of urea groups is 1. The van der Waals surface area contributed by atoms with Crippen LogP contribution >= 0.6 is 0 Å². The summed E-state index contributed by atoms with van der Waals surface area (Å²) in [6, 6.07) is 7.71. The number of piperidine rings is 1. The van der Waals surface area contributed by atoms with E-state index in [0.717, 1.165) is 42.9 Å². The molecule has 5 heteroatoms. The van der Waals surface area contributed by atoms with E-state index in [4.69, 9.17) is 4.74 Å². The second-order valence-corrected chi connectivity index (χ2v) is 7.58. The number of anilines is 1. The number of nitrogens with zero attached hydrogens (tertiary/aromatic N) is 1. The molecule has 2 amide bonds. The van der Waals surface area contributed by atoms with Gasteiger partial charge in [0.05, 0.1) is 18.8 Å². The van der Waals surface area contributed by atoms with E-state index in [2.05, 4.69) is 12.2 Å². The number of hydrogen-bond acceptors (Lipinski definition) is 3. The minimum absolute atomic E-state index is 0.141. The Morgan fingerprint density at radius 3 is 3.00 bits per heavy atom. The highest BCUT2D eigenvalue weighted by Gasteiger charge is 2.22. The summed E-state index contributed by atoms with van der Waals surface area (Å²) in [5, 5.41) is 12.7. The molecule has 1 aromatic rings. The normalized spacial score (nSPS) is 27.1. The molecule has 1 aliphatic carbocycles. The molecule has 1 aromatic carbocycles. The van der Waals surface area contributed by atoms with Crippen molar-refractivity contribution in [2.45, 2.75) is 64.3 Å². The highest BCUT2D eigenvalue weighted by Crippen LogP contribution is 2.26. The zero-order chi connectivity index (χ0) is 17.6. The minimum Gasteiger partial charge on any atom is -0.391 e. The predicted molar refractivity (Wildman–Crippen MR) is 98.5 cm³/mol. The molecule has 0 bridgehead atoms. The third-order valence-electron chi connectivity index (χ3n) is 5.24. The SMILES string of the molecule is CC1CCCC(OCc2cccc(NC(=O)N3CCCC(O)C3)c2)C1. The van der Waals surface area contributed by atoms with Gasteiger partial charge in [0.15, 0.2) is 0 Å². The number of carbonyl (C=O) groups is 1. The number of likely N-dealkylation sites (tertiary alicyclic amines) is 1. The highest BCUT2D eigenvalue weighted by molar-refractivity contribution is 5.89. The smallest absolute Gasteiger partial charge is 0.321 e. The number of nitrogens with one attached hydrogen (secondary N) is 1. The van der Waals surface area contributed by atoms with Gasteiger partial charge >= 0.3 is 6.03 Å². The molecule has 25 heavy (non-hydrogen) atoms. The fourth-order valence-electron chi connectivity index (χ4n) is 3.82. The lowest BCUT2D eigenvalue weighted by Crippen LogP contribution is -2.44. The average Bonchev–Trinajstić information content (AvgIpc) is 2.60. The van der Waals surface area contributed by atoms with Gasteiger partial charge in [-0.05, 0) is 49.3 Å². The first-order valence-corrected chi connectivity index (χ1v) is 9.54. The van der Waals surface area contributed by atoms with Crippen LogP contribution in [0.25, 0.3) is 0 Å². The summed E-state index contributed by atoms with van der Waals surface area (Å²) in [4.78, 5) is 14.0. The predicted octanol–water partition coefficient (Wildman–Crippen LogP) is 3.77. The highest BCUT2D eigenvalue weighted by atomic mass is 16.5. The minimum atomic E-state index is -0.405. The Kier molecular flexibility index (Phi) is 6.32. The van der Waals surface area contributed by atoms with Gasteiger partial charge in [0.1, 0.15) is 0 Å². The summed E-state index contributed by atoms with van der Waals surface area (Å²) in [5.74, 6) is 0.754. The van der Waals surface area contributed by atoms with Crippen molar-refractivity contribution in [3.05, 3.63) is 29.8 Å². The largest absolute Gasteiger partial charge is 0.391 e. The van der Waals surface area contributed by atoms with E-state index in [-0.39, 0.29) is 6.03 Å². The molecule has 0 radical (unpaired) electrons. The van der Waals surface area contributed by atoms with Crippen LogP contribution in [0.3, 0.4) is 0 Å². The van der Waals surface area contributed by atoms with Gasteiger partial charge in [0, 0.05) is 18.8 Å². The molecule has 138 valence electrons. The Balaban J connectivity index is 1.51. The van der Waals surface area contributed by atoms with Crippen LogP contribution in [0, 0.1) is 5.92 Å². The molecule has 1 saturated carbocycles. The molecule has 3 unspecified atom stereocenters. The lowest BCUT2D eigenvalue weighted by atomic mass is 9.89. The summed E-state index contributed by atoms with van der Waals surface area (Å²) < 4.78 is 6.07. The fourth-order valence-corrected chi connectivity index (χ4v) is 3.82. The Hall–Kier alpha value is -1.59. The third kappa shape index (κ3) is 5.44. The number of benzene rings is 1. The molecule has 2 fully saturated rings. The van der Waals surface area contributed by atoms with Gasteiger partial charge in [-0.1, -0.05) is 31.9 Å².